The number of hydrogen-bond acceptors (Lipinski definition) is 6. The number of hydrogen-bond donors (Lipinski definition) is 0. The lowest BCUT2D eigenvalue weighted by Crippen LogP contribution is -2.57. The Morgan fingerprint density at radius 3 is 1.72 bits per heavy atom. The van der Waals surface area contributed by atoms with Crippen molar-refractivity contribution in [2.75, 3.05) is 0 Å². The third kappa shape index (κ3) is 7.80. The van der Waals surface area contributed by atoms with E-state index in [0.29, 0.717) is 89.0 Å². The number of allylic oxidation sites excluding steroid dienone is 2. The highest BCUT2D eigenvalue weighted by molar-refractivity contribution is 7.11. The van der Waals surface area contributed by atoms with Crippen LogP contribution in [0, 0.1) is 98.6 Å². The molecule has 0 radical (unpaired) electrons. The van der Waals surface area contributed by atoms with Gasteiger partial charge in [-0.1, -0.05) is 67.4 Å². The van der Waals surface area contributed by atoms with Gasteiger partial charge in [0.2, 0.25) is 0 Å². The Balaban J connectivity index is 0.000000177. The van der Waals surface area contributed by atoms with Gasteiger partial charge in [-0.3, -0.25) is 19.2 Å². The van der Waals surface area contributed by atoms with E-state index in [4.69, 9.17) is 9.05 Å². The summed E-state index contributed by atoms with van der Waals surface area (Å²) in [5, 5.41) is 0. The first-order valence-electron chi connectivity index (χ1n) is 24.0. The normalized spacial score (nSPS) is 46.3. The Hall–Kier alpha value is -1.12. The van der Waals surface area contributed by atoms with Crippen LogP contribution in [0.1, 0.15) is 177 Å². The average Bonchev–Trinajstić information content (AvgIpc) is 3.74. The van der Waals surface area contributed by atoms with Gasteiger partial charge in [-0.05, 0) is 189 Å². The molecule has 7 fully saturated rings. The summed E-state index contributed by atoms with van der Waals surface area (Å²) in [6, 6.07) is 0. The maximum absolute atomic E-state index is 13.5. The highest BCUT2D eigenvalue weighted by Crippen LogP contribution is 2.69. The van der Waals surface area contributed by atoms with Crippen molar-refractivity contribution in [1.29, 1.82) is 0 Å². The summed E-state index contributed by atoms with van der Waals surface area (Å²) in [4.78, 5) is 50.1. The van der Waals surface area contributed by atoms with E-state index in [1.54, 1.807) is 0 Å². The Labute approximate surface area is 357 Å². The van der Waals surface area contributed by atoms with Crippen molar-refractivity contribution in [3.05, 3.63) is 11.6 Å². The Bertz CT molecular complexity index is 1610. The molecule has 6 nitrogen and oxygen atoms in total. The summed E-state index contributed by atoms with van der Waals surface area (Å²) in [6.07, 6.45) is 23.1. The first kappa shape index (κ1) is 44.9. The van der Waals surface area contributed by atoms with Crippen molar-refractivity contribution in [2.24, 2.45) is 98.6 Å². The van der Waals surface area contributed by atoms with E-state index in [1.807, 2.05) is 0 Å². The van der Waals surface area contributed by atoms with Crippen molar-refractivity contribution >= 4 is 42.4 Å². The zero-order valence-electron chi connectivity index (χ0n) is 37.6. The molecule has 8 aliphatic carbocycles. The van der Waals surface area contributed by atoms with Crippen LogP contribution in [0.15, 0.2) is 11.6 Å². The second kappa shape index (κ2) is 17.2. The zero-order chi connectivity index (χ0) is 41.9. The molecule has 0 bridgehead atoms. The molecule has 8 unspecified atom stereocenters. The van der Waals surface area contributed by atoms with Crippen LogP contribution in [0.3, 0.4) is 0 Å². The van der Waals surface area contributed by atoms with Gasteiger partial charge in [-0.2, -0.15) is 0 Å². The molecule has 0 saturated heterocycles. The summed E-state index contributed by atoms with van der Waals surface area (Å²) >= 11 is 0. The summed E-state index contributed by atoms with van der Waals surface area (Å²) < 4.78 is 9.56. The highest BCUT2D eigenvalue weighted by Gasteiger charge is 2.64. The van der Waals surface area contributed by atoms with Gasteiger partial charge >= 0.3 is 11.9 Å². The van der Waals surface area contributed by atoms with Crippen LogP contribution < -0.4 is 0 Å². The summed E-state index contributed by atoms with van der Waals surface area (Å²) in [6.45, 7) is 19.3. The summed E-state index contributed by atoms with van der Waals surface area (Å²) in [7, 11) is 4.14. The standard InChI is InChI=1S/C25H41O3P.C25H39O3P/c2*1-15-9-11-24(3)17(13-15)14-21(26)23-19-7-6-18(16(2)5-8-22(27)28-29)25(19,4)12-10-20(23)24/h15-20,23H,5-14,29H2,1-4H3;14-16,18-20,23H,5-13,29H2,1-4H3/t15-,16-,17+,18-,19?,20?,23?,24+,25-;15-,16-,18-,19?,20?,23?,24+,25-/m11/s1. The zero-order valence-corrected chi connectivity index (χ0v) is 39.9. The molecule has 326 valence electrons. The largest absolute Gasteiger partial charge is 0.452 e. The SMILES string of the molecule is C[C@@H]1CC[C@@]2(C)C(=CC(=O)C3C2CC[C@@]2(C)C3CC[C@@H]2[C@H](C)CCC(=O)OP)C1.C[C@@H]1CC[C@]2(C)C3CC[C@@]4(C)C(CC[C@@H]4[C@H](C)CCC(=O)OP)C3C(=O)C[C@@H]2C1. The molecule has 0 amide bonds. The maximum Gasteiger partial charge on any atom is 0.307 e. The van der Waals surface area contributed by atoms with Crippen LogP contribution in [-0.4, -0.2) is 23.5 Å². The molecule has 0 N–H and O–H groups in total. The Kier molecular flexibility index (Phi) is 13.3. The van der Waals surface area contributed by atoms with E-state index in [1.165, 1.54) is 89.0 Å². The van der Waals surface area contributed by atoms with Crippen LogP contribution in [0.4, 0.5) is 0 Å². The minimum Gasteiger partial charge on any atom is -0.452 e. The molecule has 0 aliphatic heterocycles. The van der Waals surface area contributed by atoms with Gasteiger partial charge in [0, 0.05) is 31.1 Å². The molecule has 0 aromatic rings. The van der Waals surface area contributed by atoms with Crippen LogP contribution in [0.25, 0.3) is 0 Å². The van der Waals surface area contributed by atoms with Crippen molar-refractivity contribution in [3.8, 4) is 0 Å². The molecule has 7 saturated carbocycles. The van der Waals surface area contributed by atoms with Crippen molar-refractivity contribution in [2.45, 2.75) is 177 Å². The van der Waals surface area contributed by atoms with Gasteiger partial charge in [0.05, 0.1) is 18.9 Å². The van der Waals surface area contributed by atoms with Gasteiger partial charge in [-0.15, -0.1) is 0 Å². The van der Waals surface area contributed by atoms with E-state index >= 15 is 0 Å². The quantitative estimate of drug-likeness (QED) is 0.226. The number of carbonyl (C=O) groups excluding carboxylic acids is 4. The molecule has 8 rings (SSSR count). The number of carbonyl (C=O) groups is 4. The van der Waals surface area contributed by atoms with Gasteiger partial charge < -0.3 is 9.05 Å². The topological polar surface area (TPSA) is 86.7 Å². The van der Waals surface area contributed by atoms with Crippen LogP contribution in [0.2, 0.25) is 0 Å². The summed E-state index contributed by atoms with van der Waals surface area (Å²) in [5.41, 5.74) is 2.61. The predicted molar refractivity (Wildman–Crippen MR) is 238 cm³/mol. The van der Waals surface area contributed by atoms with Gasteiger partial charge in [0.15, 0.2) is 5.78 Å². The second-order valence-corrected chi connectivity index (χ2v) is 23.5. The maximum atomic E-state index is 13.5. The van der Waals surface area contributed by atoms with E-state index in [-0.39, 0.29) is 34.1 Å². The molecule has 8 aliphatic rings. The van der Waals surface area contributed by atoms with E-state index in [0.717, 1.165) is 37.5 Å². The second-order valence-electron chi connectivity index (χ2n) is 23.0. The number of ketones is 2. The molecule has 0 aromatic heterocycles. The first-order valence-corrected chi connectivity index (χ1v) is 24.9. The number of Topliss-reactive ketones (excluding diaryl/α,β-unsaturated/α-hetero) is 1. The van der Waals surface area contributed by atoms with Gasteiger partial charge in [0.25, 0.3) is 0 Å². The number of rotatable bonds is 8. The molecule has 8 heteroatoms. The molecule has 58 heavy (non-hydrogen) atoms. The Morgan fingerprint density at radius 2 is 1.16 bits per heavy atom. The number of fused-ring (bicyclic) bond motifs is 10. The summed E-state index contributed by atoms with van der Waals surface area (Å²) in [5.74, 6) is 7.94. The van der Waals surface area contributed by atoms with Crippen LogP contribution >= 0.6 is 18.9 Å². The van der Waals surface area contributed by atoms with Gasteiger partial charge in [-0.25, -0.2) is 0 Å². The van der Waals surface area contributed by atoms with E-state index < -0.39 is 0 Å². The Morgan fingerprint density at radius 1 is 0.655 bits per heavy atom. The minimum absolute atomic E-state index is 0.127. The molecular formula is C50H80O6P2. The lowest BCUT2D eigenvalue weighted by atomic mass is 9.43. The van der Waals surface area contributed by atoms with Crippen molar-refractivity contribution < 1.29 is 28.2 Å². The van der Waals surface area contributed by atoms with E-state index in [2.05, 4.69) is 80.4 Å². The molecule has 0 heterocycles. The van der Waals surface area contributed by atoms with Gasteiger partial charge in [0.1, 0.15) is 5.78 Å². The molecule has 0 aromatic carbocycles. The molecule has 0 spiro atoms. The van der Waals surface area contributed by atoms with Crippen molar-refractivity contribution in [3.63, 3.8) is 0 Å². The first-order chi connectivity index (χ1) is 27.4. The lowest BCUT2D eigenvalue weighted by Gasteiger charge is -2.60. The fourth-order valence-electron chi connectivity index (χ4n) is 16.9. The molecular weight excluding hydrogens is 758 g/mol. The molecule has 19 atom stereocenters. The third-order valence-electron chi connectivity index (χ3n) is 20.3. The van der Waals surface area contributed by atoms with Crippen molar-refractivity contribution in [1.82, 2.24) is 0 Å². The smallest absolute Gasteiger partial charge is 0.307 e. The fraction of sp³-hybridized carbons (Fsp3) is 0.880. The highest BCUT2D eigenvalue weighted by atomic mass is 31.0. The predicted octanol–water partition coefficient (Wildman–Crippen LogP) is 12.3. The monoisotopic (exact) mass is 839 g/mol. The average molecular weight is 839 g/mol. The third-order valence-corrected chi connectivity index (χ3v) is 20.8. The fourth-order valence-corrected chi connectivity index (χ4v) is 17.1. The minimum atomic E-state index is -0.134. The van der Waals surface area contributed by atoms with E-state index in [9.17, 15) is 19.2 Å². The van der Waals surface area contributed by atoms with Crippen LogP contribution in [0.5, 0.6) is 0 Å². The van der Waals surface area contributed by atoms with Crippen LogP contribution in [-0.2, 0) is 28.2 Å². The lowest BCUT2D eigenvalue weighted by molar-refractivity contribution is -0.158.